The number of amides is 2. The molecule has 0 heterocycles. The van der Waals surface area contributed by atoms with E-state index in [1.807, 2.05) is 4.90 Å². The van der Waals surface area contributed by atoms with Crippen LogP contribution in [0.3, 0.4) is 0 Å². The highest BCUT2D eigenvalue weighted by Gasteiger charge is 2.35. The molecular formula is C49H95N3O2. The third-order valence-corrected chi connectivity index (χ3v) is 11.3. The Balaban J connectivity index is 4.66. The Bertz CT molecular complexity index is 869. The highest BCUT2D eigenvalue weighted by molar-refractivity contribution is 5.88. The Kier molecular flexibility index (Phi) is 39.8. The third kappa shape index (κ3) is 32.6. The van der Waals surface area contributed by atoms with Gasteiger partial charge in [0.2, 0.25) is 11.8 Å². The summed E-state index contributed by atoms with van der Waals surface area (Å²) in [5.74, 6) is 0.442. The molecule has 0 saturated heterocycles. The number of carbonyl (C=O) groups is 2. The van der Waals surface area contributed by atoms with Crippen molar-refractivity contribution in [2.45, 2.75) is 239 Å². The van der Waals surface area contributed by atoms with E-state index in [-0.39, 0.29) is 23.8 Å². The van der Waals surface area contributed by atoms with Crippen LogP contribution in [0.25, 0.3) is 0 Å². The van der Waals surface area contributed by atoms with Crippen molar-refractivity contribution in [3.8, 4) is 0 Å². The van der Waals surface area contributed by atoms with Gasteiger partial charge in [0, 0.05) is 26.1 Å². The lowest BCUT2D eigenvalue weighted by molar-refractivity contribution is -0.143. The molecule has 0 aliphatic carbocycles. The Morgan fingerprint density at radius 3 is 1.46 bits per heavy atom. The SMILES string of the molecule is CCCCC/C=C\C/C=C\CCCCCCCC(=O)N(CCN(C)C)C(C(=O)NCCCCCCCCCCCCCCCCCC)C(CC)CCCC. The number of hydrogen-bond donors (Lipinski definition) is 1. The average Bonchev–Trinajstić information content (AvgIpc) is 3.16. The van der Waals surface area contributed by atoms with Crippen LogP contribution in [0.2, 0.25) is 0 Å². The van der Waals surface area contributed by atoms with Crippen molar-refractivity contribution in [1.82, 2.24) is 15.1 Å². The quantitative estimate of drug-likeness (QED) is 0.0499. The number of carbonyl (C=O) groups excluding carboxylic acids is 2. The van der Waals surface area contributed by atoms with Gasteiger partial charge < -0.3 is 15.1 Å². The zero-order valence-electron chi connectivity index (χ0n) is 37.4. The molecule has 0 spiro atoms. The number of allylic oxidation sites excluding steroid dienone is 4. The molecule has 0 fully saturated rings. The molecule has 0 aromatic carbocycles. The maximum absolute atomic E-state index is 13.9. The molecule has 0 aliphatic heterocycles. The molecule has 0 aromatic heterocycles. The lowest BCUT2D eigenvalue weighted by Gasteiger charge is -2.37. The van der Waals surface area contributed by atoms with Crippen LogP contribution in [0, 0.1) is 5.92 Å². The normalized spacial score (nSPS) is 13.0. The summed E-state index contributed by atoms with van der Waals surface area (Å²) < 4.78 is 0. The first-order chi connectivity index (χ1) is 26.4. The molecular weight excluding hydrogens is 663 g/mol. The fourth-order valence-corrected chi connectivity index (χ4v) is 7.61. The van der Waals surface area contributed by atoms with Gasteiger partial charge in [0.05, 0.1) is 0 Å². The van der Waals surface area contributed by atoms with Crippen molar-refractivity contribution in [2.24, 2.45) is 5.92 Å². The van der Waals surface area contributed by atoms with Crippen LogP contribution >= 0.6 is 0 Å². The molecule has 5 nitrogen and oxygen atoms in total. The third-order valence-electron chi connectivity index (χ3n) is 11.3. The zero-order valence-corrected chi connectivity index (χ0v) is 37.4. The van der Waals surface area contributed by atoms with E-state index in [0.29, 0.717) is 13.0 Å². The standard InChI is InChI=1S/C49H95N3O2/c1-7-11-14-16-18-20-22-24-26-28-30-32-34-36-38-40-43-50-49(54)48(46(10-4)41-13-9-3)52(45-44-51(5)6)47(53)42-39-37-35-33-31-29-27-25-23-21-19-17-15-12-8-2/h19,21,25,27,46,48H,7-18,20,22-24,26,28-45H2,1-6H3,(H,50,54)/b21-19-,27-25-. The number of nitrogens with one attached hydrogen (secondary N) is 1. The molecule has 0 bridgehead atoms. The van der Waals surface area contributed by atoms with Crippen molar-refractivity contribution in [2.75, 3.05) is 33.7 Å². The zero-order chi connectivity index (χ0) is 39.7. The van der Waals surface area contributed by atoms with Gasteiger partial charge in [-0.25, -0.2) is 0 Å². The maximum atomic E-state index is 13.9. The number of unbranched alkanes of at least 4 members (excludes halogenated alkanes) is 24. The van der Waals surface area contributed by atoms with E-state index in [1.54, 1.807) is 0 Å². The molecule has 0 radical (unpaired) electrons. The summed E-state index contributed by atoms with van der Waals surface area (Å²) in [5.41, 5.74) is 0. The monoisotopic (exact) mass is 758 g/mol. The predicted molar refractivity (Wildman–Crippen MR) is 239 cm³/mol. The van der Waals surface area contributed by atoms with E-state index < -0.39 is 0 Å². The van der Waals surface area contributed by atoms with Gasteiger partial charge in [-0.05, 0) is 71.4 Å². The van der Waals surface area contributed by atoms with Crippen LogP contribution in [0.5, 0.6) is 0 Å². The number of rotatable bonds is 41. The molecule has 0 saturated carbocycles. The molecule has 0 aromatic rings. The molecule has 1 N–H and O–H groups in total. The molecule has 318 valence electrons. The molecule has 0 aliphatic rings. The van der Waals surface area contributed by atoms with Gasteiger partial charge in [-0.15, -0.1) is 0 Å². The first kappa shape index (κ1) is 52.4. The van der Waals surface area contributed by atoms with Crippen LogP contribution in [-0.2, 0) is 9.59 Å². The minimum atomic E-state index is -0.368. The van der Waals surface area contributed by atoms with E-state index in [0.717, 1.165) is 70.9 Å². The maximum Gasteiger partial charge on any atom is 0.243 e. The summed E-state index contributed by atoms with van der Waals surface area (Å²) in [6.45, 7) is 11.1. The van der Waals surface area contributed by atoms with Crippen molar-refractivity contribution in [3.05, 3.63) is 24.3 Å². The van der Waals surface area contributed by atoms with Gasteiger partial charge in [0.15, 0.2) is 0 Å². The lowest BCUT2D eigenvalue weighted by Crippen LogP contribution is -2.55. The van der Waals surface area contributed by atoms with E-state index in [9.17, 15) is 9.59 Å². The minimum Gasteiger partial charge on any atom is -0.354 e. The first-order valence-corrected chi connectivity index (χ1v) is 23.9. The van der Waals surface area contributed by atoms with E-state index >= 15 is 0 Å². The summed E-state index contributed by atoms with van der Waals surface area (Å²) >= 11 is 0. The second-order valence-corrected chi connectivity index (χ2v) is 16.7. The highest BCUT2D eigenvalue weighted by atomic mass is 16.2. The second kappa shape index (κ2) is 41.0. The van der Waals surface area contributed by atoms with Crippen LogP contribution in [-0.4, -0.2) is 61.4 Å². The Morgan fingerprint density at radius 1 is 0.519 bits per heavy atom. The average molecular weight is 758 g/mol. The summed E-state index contributed by atoms with van der Waals surface area (Å²) in [6, 6.07) is -0.368. The van der Waals surface area contributed by atoms with Crippen LogP contribution < -0.4 is 5.32 Å². The van der Waals surface area contributed by atoms with Gasteiger partial charge in [0.1, 0.15) is 6.04 Å². The van der Waals surface area contributed by atoms with Gasteiger partial charge in [-0.2, -0.15) is 0 Å². The molecule has 5 heteroatoms. The van der Waals surface area contributed by atoms with E-state index in [4.69, 9.17) is 0 Å². The number of nitrogens with zero attached hydrogens (tertiary/aromatic N) is 2. The Hall–Kier alpha value is -1.62. The second-order valence-electron chi connectivity index (χ2n) is 16.7. The van der Waals surface area contributed by atoms with E-state index in [1.165, 1.54) is 141 Å². The van der Waals surface area contributed by atoms with Crippen LogP contribution in [0.15, 0.2) is 24.3 Å². The summed E-state index contributed by atoms with van der Waals surface area (Å²) in [7, 11) is 4.12. The van der Waals surface area contributed by atoms with Gasteiger partial charge in [0.25, 0.3) is 0 Å². The Labute approximate surface area is 338 Å². The molecule has 54 heavy (non-hydrogen) atoms. The summed E-state index contributed by atoms with van der Waals surface area (Å²) in [5, 5.41) is 3.31. The first-order valence-electron chi connectivity index (χ1n) is 23.9. The Morgan fingerprint density at radius 2 is 0.963 bits per heavy atom. The highest BCUT2D eigenvalue weighted by Crippen LogP contribution is 2.24. The minimum absolute atomic E-state index is 0.0751. The van der Waals surface area contributed by atoms with Crippen LogP contribution in [0.1, 0.15) is 233 Å². The van der Waals surface area contributed by atoms with Gasteiger partial charge in [-0.1, -0.05) is 200 Å². The largest absolute Gasteiger partial charge is 0.354 e. The fraction of sp³-hybridized carbons (Fsp3) is 0.878. The molecule has 2 unspecified atom stereocenters. The predicted octanol–water partition coefficient (Wildman–Crippen LogP) is 14.2. The van der Waals surface area contributed by atoms with Crippen molar-refractivity contribution < 1.29 is 9.59 Å². The van der Waals surface area contributed by atoms with Crippen molar-refractivity contribution >= 4 is 11.8 Å². The topological polar surface area (TPSA) is 52.7 Å². The fourth-order valence-electron chi connectivity index (χ4n) is 7.61. The number of likely N-dealkylation sites (N-methyl/N-ethyl adjacent to an activating group) is 1. The number of hydrogen-bond acceptors (Lipinski definition) is 3. The van der Waals surface area contributed by atoms with E-state index in [2.05, 4.69) is 76.3 Å². The summed E-state index contributed by atoms with van der Waals surface area (Å²) in [6.07, 6.45) is 48.5. The van der Waals surface area contributed by atoms with Crippen LogP contribution in [0.4, 0.5) is 0 Å². The van der Waals surface area contributed by atoms with Gasteiger partial charge in [-0.3, -0.25) is 9.59 Å². The molecule has 2 amide bonds. The van der Waals surface area contributed by atoms with Crippen molar-refractivity contribution in [3.63, 3.8) is 0 Å². The molecule has 0 rings (SSSR count). The lowest BCUT2D eigenvalue weighted by atomic mass is 9.89. The molecule has 2 atom stereocenters. The summed E-state index contributed by atoms with van der Waals surface area (Å²) in [4.78, 5) is 31.9. The van der Waals surface area contributed by atoms with Gasteiger partial charge >= 0.3 is 0 Å². The van der Waals surface area contributed by atoms with Crippen molar-refractivity contribution in [1.29, 1.82) is 0 Å². The smallest absolute Gasteiger partial charge is 0.243 e.